The fourth-order valence-electron chi connectivity index (χ4n) is 2.16. The van der Waals surface area contributed by atoms with Crippen LogP contribution in [-0.2, 0) is 17.9 Å². The third-order valence-electron chi connectivity index (χ3n) is 3.50. The van der Waals surface area contributed by atoms with Gasteiger partial charge in [-0.15, -0.1) is 11.3 Å². The van der Waals surface area contributed by atoms with Gasteiger partial charge in [-0.25, -0.2) is 4.98 Å². The number of nitrogens with zero attached hydrogens (tertiary/aromatic N) is 1. The molecule has 0 amide bonds. The van der Waals surface area contributed by atoms with Gasteiger partial charge in [-0.2, -0.15) is 0 Å². The average Bonchev–Trinajstić information content (AvgIpc) is 2.66. The van der Waals surface area contributed by atoms with Gasteiger partial charge in [0, 0.05) is 24.6 Å². The minimum Gasteiger partial charge on any atom is -0.378 e. The Morgan fingerprint density at radius 3 is 2.94 bits per heavy atom. The van der Waals surface area contributed by atoms with Crippen molar-refractivity contribution in [2.75, 3.05) is 7.11 Å². The van der Waals surface area contributed by atoms with Crippen LogP contribution in [-0.4, -0.2) is 17.6 Å². The summed E-state index contributed by atoms with van der Waals surface area (Å²) in [6.07, 6.45) is 5.23. The molecular weight excluding hydrogens is 220 g/mol. The lowest BCUT2D eigenvalue weighted by Gasteiger charge is -2.42. The normalized spacial score (nSPS) is 18.4. The number of ether oxygens (including phenoxy) is 1. The predicted molar refractivity (Wildman–Crippen MR) is 66.5 cm³/mol. The molecule has 0 aliphatic heterocycles. The Labute approximate surface area is 101 Å². The van der Waals surface area contributed by atoms with Gasteiger partial charge in [-0.3, -0.25) is 0 Å². The maximum absolute atomic E-state index is 5.07. The fourth-order valence-corrected chi connectivity index (χ4v) is 2.92. The van der Waals surface area contributed by atoms with Crippen molar-refractivity contribution in [3.63, 3.8) is 0 Å². The second-order valence-electron chi connectivity index (χ2n) is 4.51. The van der Waals surface area contributed by atoms with Crippen LogP contribution in [0.15, 0.2) is 5.38 Å². The van der Waals surface area contributed by atoms with Gasteiger partial charge >= 0.3 is 0 Å². The number of aromatic nitrogens is 1. The van der Waals surface area contributed by atoms with Crippen molar-refractivity contribution < 1.29 is 4.74 Å². The molecule has 1 heterocycles. The summed E-state index contributed by atoms with van der Waals surface area (Å²) in [7, 11) is 1.71. The first kappa shape index (κ1) is 12.0. The van der Waals surface area contributed by atoms with E-state index in [4.69, 9.17) is 4.74 Å². The molecule has 3 nitrogen and oxygen atoms in total. The van der Waals surface area contributed by atoms with E-state index in [1.54, 1.807) is 18.4 Å². The van der Waals surface area contributed by atoms with E-state index in [1.165, 1.54) is 25.7 Å². The van der Waals surface area contributed by atoms with E-state index in [0.29, 0.717) is 12.1 Å². The van der Waals surface area contributed by atoms with Crippen molar-refractivity contribution in [1.29, 1.82) is 0 Å². The Kier molecular flexibility index (Phi) is 3.95. The van der Waals surface area contributed by atoms with Gasteiger partial charge in [0.05, 0.1) is 12.3 Å². The Morgan fingerprint density at radius 2 is 2.38 bits per heavy atom. The van der Waals surface area contributed by atoms with Crippen LogP contribution in [0.1, 0.15) is 43.3 Å². The number of rotatable bonds is 6. The van der Waals surface area contributed by atoms with E-state index in [1.807, 2.05) is 0 Å². The summed E-state index contributed by atoms with van der Waals surface area (Å²) in [5.41, 5.74) is 1.56. The van der Waals surface area contributed by atoms with E-state index >= 15 is 0 Å². The Balaban J connectivity index is 1.84. The number of thiazole rings is 1. The minimum absolute atomic E-state index is 0.408. The minimum atomic E-state index is 0.408. The predicted octanol–water partition coefficient (Wildman–Crippen LogP) is 2.71. The standard InChI is InChI=1S/C12H20N2OS/c1-3-12(5-4-6-12)13-7-10-9-16-11(14-10)8-15-2/h9,13H,3-8H2,1-2H3. The van der Waals surface area contributed by atoms with E-state index in [9.17, 15) is 0 Å². The van der Waals surface area contributed by atoms with Crippen LogP contribution in [0.25, 0.3) is 0 Å². The molecule has 0 bridgehead atoms. The van der Waals surface area contributed by atoms with E-state index in [0.717, 1.165) is 17.2 Å². The Bertz CT molecular complexity index is 328. The summed E-state index contributed by atoms with van der Waals surface area (Å²) < 4.78 is 5.07. The SMILES string of the molecule is CCC1(NCc2csc(COC)n2)CCC1. The molecule has 1 fully saturated rings. The van der Waals surface area contributed by atoms with E-state index in [2.05, 4.69) is 22.6 Å². The zero-order valence-electron chi connectivity index (χ0n) is 10.1. The zero-order chi connectivity index (χ0) is 11.4. The van der Waals surface area contributed by atoms with Crippen LogP contribution in [0.2, 0.25) is 0 Å². The second kappa shape index (κ2) is 5.25. The third-order valence-corrected chi connectivity index (χ3v) is 4.37. The van der Waals surface area contributed by atoms with Gasteiger partial charge in [-0.05, 0) is 25.7 Å². The van der Waals surface area contributed by atoms with Crippen LogP contribution in [0, 0.1) is 0 Å². The summed E-state index contributed by atoms with van der Waals surface area (Å²) in [5.74, 6) is 0. The lowest BCUT2D eigenvalue weighted by Crippen LogP contribution is -2.49. The van der Waals surface area contributed by atoms with Crippen LogP contribution in [0.4, 0.5) is 0 Å². The number of nitrogens with one attached hydrogen (secondary N) is 1. The van der Waals surface area contributed by atoms with Gasteiger partial charge in [-0.1, -0.05) is 6.92 Å². The van der Waals surface area contributed by atoms with Crippen LogP contribution >= 0.6 is 11.3 Å². The van der Waals surface area contributed by atoms with Crippen molar-refractivity contribution in [2.24, 2.45) is 0 Å². The van der Waals surface area contributed by atoms with E-state index in [-0.39, 0.29) is 0 Å². The quantitative estimate of drug-likeness (QED) is 0.830. The van der Waals surface area contributed by atoms with Crippen molar-refractivity contribution in [2.45, 2.75) is 51.3 Å². The lowest BCUT2D eigenvalue weighted by molar-refractivity contribution is 0.174. The molecule has 0 spiro atoms. The highest BCUT2D eigenvalue weighted by atomic mass is 32.1. The molecule has 1 aromatic heterocycles. The van der Waals surface area contributed by atoms with Gasteiger partial charge < -0.3 is 10.1 Å². The summed E-state index contributed by atoms with van der Waals surface area (Å²) >= 11 is 1.68. The van der Waals surface area contributed by atoms with Crippen molar-refractivity contribution in [1.82, 2.24) is 10.3 Å². The van der Waals surface area contributed by atoms with Gasteiger partial charge in [0.1, 0.15) is 5.01 Å². The summed E-state index contributed by atoms with van der Waals surface area (Å²) in [5, 5.41) is 6.85. The summed E-state index contributed by atoms with van der Waals surface area (Å²) in [6.45, 7) is 3.79. The smallest absolute Gasteiger partial charge is 0.119 e. The zero-order valence-corrected chi connectivity index (χ0v) is 10.9. The van der Waals surface area contributed by atoms with E-state index < -0.39 is 0 Å². The Hall–Kier alpha value is -0.450. The molecule has 16 heavy (non-hydrogen) atoms. The van der Waals surface area contributed by atoms with Crippen molar-refractivity contribution in [3.8, 4) is 0 Å². The van der Waals surface area contributed by atoms with Crippen LogP contribution in [0.3, 0.4) is 0 Å². The highest BCUT2D eigenvalue weighted by Crippen LogP contribution is 2.34. The van der Waals surface area contributed by atoms with Crippen LogP contribution in [0.5, 0.6) is 0 Å². The summed E-state index contributed by atoms with van der Waals surface area (Å²) in [4.78, 5) is 4.53. The maximum Gasteiger partial charge on any atom is 0.119 e. The largest absolute Gasteiger partial charge is 0.378 e. The fraction of sp³-hybridized carbons (Fsp3) is 0.750. The monoisotopic (exact) mass is 240 g/mol. The molecular formula is C12H20N2OS. The van der Waals surface area contributed by atoms with Gasteiger partial charge in [0.15, 0.2) is 0 Å². The molecule has 1 aromatic rings. The molecule has 1 aliphatic carbocycles. The van der Waals surface area contributed by atoms with Crippen molar-refractivity contribution in [3.05, 3.63) is 16.1 Å². The number of hydrogen-bond acceptors (Lipinski definition) is 4. The molecule has 0 radical (unpaired) electrons. The molecule has 1 aliphatic rings. The number of hydrogen-bond donors (Lipinski definition) is 1. The summed E-state index contributed by atoms with van der Waals surface area (Å²) in [6, 6.07) is 0. The molecule has 1 N–H and O–H groups in total. The maximum atomic E-state index is 5.07. The number of methoxy groups -OCH3 is 1. The highest BCUT2D eigenvalue weighted by Gasteiger charge is 2.34. The van der Waals surface area contributed by atoms with Gasteiger partial charge in [0.25, 0.3) is 0 Å². The molecule has 2 rings (SSSR count). The van der Waals surface area contributed by atoms with Gasteiger partial charge in [0.2, 0.25) is 0 Å². The average molecular weight is 240 g/mol. The lowest BCUT2D eigenvalue weighted by atomic mass is 9.75. The topological polar surface area (TPSA) is 34.1 Å². The first-order chi connectivity index (χ1) is 7.78. The van der Waals surface area contributed by atoms with Crippen molar-refractivity contribution >= 4 is 11.3 Å². The molecule has 90 valence electrons. The highest BCUT2D eigenvalue weighted by molar-refractivity contribution is 7.09. The second-order valence-corrected chi connectivity index (χ2v) is 5.45. The Morgan fingerprint density at radius 1 is 1.56 bits per heavy atom. The molecule has 0 aromatic carbocycles. The molecule has 0 unspecified atom stereocenters. The van der Waals surface area contributed by atoms with Crippen LogP contribution < -0.4 is 5.32 Å². The molecule has 4 heteroatoms. The molecule has 1 saturated carbocycles. The third kappa shape index (κ3) is 2.62. The molecule has 0 saturated heterocycles. The first-order valence-corrected chi connectivity index (χ1v) is 6.83. The molecule has 0 atom stereocenters. The first-order valence-electron chi connectivity index (χ1n) is 5.95.